The van der Waals surface area contributed by atoms with E-state index in [1.807, 2.05) is 13.0 Å². The molecule has 1 aromatic carbocycles. The van der Waals surface area contributed by atoms with Crippen molar-refractivity contribution < 1.29 is 9.90 Å². The molecule has 0 radical (unpaired) electrons. The highest BCUT2D eigenvalue weighted by Gasteiger charge is 2.24. The van der Waals surface area contributed by atoms with Crippen LogP contribution in [0.4, 0.5) is 5.69 Å². The van der Waals surface area contributed by atoms with E-state index in [1.165, 1.54) is 0 Å². The fourth-order valence-corrected chi connectivity index (χ4v) is 2.48. The Hall–Kier alpha value is -1.55. The molecule has 4 nitrogen and oxygen atoms in total. The Kier molecular flexibility index (Phi) is 6.21. The number of aromatic hydroxyl groups is 1. The maximum Gasteiger partial charge on any atom is 0.224 e. The van der Waals surface area contributed by atoms with Crippen molar-refractivity contribution >= 4 is 11.6 Å². The highest BCUT2D eigenvalue weighted by Crippen LogP contribution is 2.32. The van der Waals surface area contributed by atoms with Gasteiger partial charge in [0.2, 0.25) is 5.91 Å². The molecule has 0 aliphatic rings. The summed E-state index contributed by atoms with van der Waals surface area (Å²) in [6.07, 6.45) is 2.17. The van der Waals surface area contributed by atoms with Gasteiger partial charge in [0.15, 0.2) is 0 Å². The molecule has 0 aliphatic carbocycles. The lowest BCUT2D eigenvalue weighted by molar-refractivity contribution is -0.116. The van der Waals surface area contributed by atoms with Crippen LogP contribution in [-0.4, -0.2) is 17.6 Å². The molecule has 0 heterocycles. The van der Waals surface area contributed by atoms with E-state index in [2.05, 4.69) is 26.1 Å². The molecule has 21 heavy (non-hydrogen) atoms. The van der Waals surface area contributed by atoms with Crippen LogP contribution in [-0.2, 0) is 4.79 Å². The first-order valence-electron chi connectivity index (χ1n) is 7.53. The van der Waals surface area contributed by atoms with Crippen molar-refractivity contribution in [1.29, 1.82) is 0 Å². The zero-order valence-corrected chi connectivity index (χ0v) is 13.6. The molecule has 0 bridgehead atoms. The van der Waals surface area contributed by atoms with Crippen LogP contribution < -0.4 is 11.1 Å². The van der Waals surface area contributed by atoms with E-state index >= 15 is 0 Å². The normalized spacial score (nSPS) is 13.0. The van der Waals surface area contributed by atoms with E-state index < -0.39 is 0 Å². The van der Waals surface area contributed by atoms with Crippen molar-refractivity contribution in [2.24, 2.45) is 17.1 Å². The van der Waals surface area contributed by atoms with Crippen LogP contribution in [0.1, 0.15) is 45.6 Å². The summed E-state index contributed by atoms with van der Waals surface area (Å²) in [4.78, 5) is 12.1. The van der Waals surface area contributed by atoms with Gasteiger partial charge in [-0.05, 0) is 55.3 Å². The van der Waals surface area contributed by atoms with Crippen molar-refractivity contribution in [3.63, 3.8) is 0 Å². The number of aryl methyl sites for hydroxylation is 1. The van der Waals surface area contributed by atoms with E-state index in [1.54, 1.807) is 12.1 Å². The molecule has 0 saturated heterocycles. The van der Waals surface area contributed by atoms with Gasteiger partial charge < -0.3 is 16.2 Å². The van der Waals surface area contributed by atoms with Crippen molar-refractivity contribution in [2.45, 2.75) is 47.0 Å². The van der Waals surface area contributed by atoms with E-state index in [4.69, 9.17) is 5.73 Å². The first-order valence-corrected chi connectivity index (χ1v) is 7.53. The van der Waals surface area contributed by atoms with Crippen LogP contribution in [0.3, 0.4) is 0 Å². The van der Waals surface area contributed by atoms with E-state index in [9.17, 15) is 9.90 Å². The molecule has 0 spiro atoms. The second-order valence-corrected chi connectivity index (χ2v) is 6.75. The summed E-state index contributed by atoms with van der Waals surface area (Å²) in [6.45, 7) is 9.10. The molecular formula is C17H28N2O2. The Morgan fingerprint density at radius 3 is 2.57 bits per heavy atom. The van der Waals surface area contributed by atoms with Crippen LogP contribution >= 0.6 is 0 Å². The smallest absolute Gasteiger partial charge is 0.224 e. The molecule has 0 saturated carbocycles. The van der Waals surface area contributed by atoms with Gasteiger partial charge in [0, 0.05) is 6.42 Å². The first kappa shape index (κ1) is 17.5. The summed E-state index contributed by atoms with van der Waals surface area (Å²) in [5.74, 6) is 0.449. The Morgan fingerprint density at radius 1 is 1.33 bits per heavy atom. The van der Waals surface area contributed by atoms with Gasteiger partial charge in [-0.2, -0.15) is 0 Å². The molecular weight excluding hydrogens is 264 g/mol. The SMILES string of the molecule is Cc1ccc(O)c(NC(=O)CCC(CCN)C(C)(C)C)c1. The van der Waals surface area contributed by atoms with E-state index in [0.29, 0.717) is 24.6 Å². The lowest BCUT2D eigenvalue weighted by Crippen LogP contribution is -2.25. The minimum absolute atomic E-state index is 0.0674. The molecule has 0 aromatic heterocycles. The number of nitrogens with one attached hydrogen (secondary N) is 1. The number of nitrogens with two attached hydrogens (primary N) is 1. The minimum atomic E-state index is -0.0674. The topological polar surface area (TPSA) is 75.3 Å². The number of phenolic OH excluding ortho intramolecular Hbond substituents is 1. The third-order valence-corrected chi connectivity index (χ3v) is 3.89. The summed E-state index contributed by atoms with van der Waals surface area (Å²) < 4.78 is 0. The van der Waals surface area contributed by atoms with Crippen LogP contribution in [0.2, 0.25) is 0 Å². The molecule has 1 atom stereocenters. The van der Waals surface area contributed by atoms with Gasteiger partial charge in [-0.1, -0.05) is 26.8 Å². The summed E-state index contributed by atoms with van der Waals surface area (Å²) in [5.41, 5.74) is 7.28. The Morgan fingerprint density at radius 2 is 2.00 bits per heavy atom. The van der Waals surface area contributed by atoms with Crippen LogP contribution in [0.25, 0.3) is 0 Å². The Bertz CT molecular complexity index is 478. The van der Waals surface area contributed by atoms with E-state index in [0.717, 1.165) is 18.4 Å². The number of rotatable bonds is 6. The molecule has 1 unspecified atom stereocenters. The number of benzene rings is 1. The maximum atomic E-state index is 12.1. The average molecular weight is 292 g/mol. The summed E-state index contributed by atoms with van der Waals surface area (Å²) in [6, 6.07) is 5.17. The van der Waals surface area contributed by atoms with Crippen LogP contribution in [0, 0.1) is 18.3 Å². The second-order valence-electron chi connectivity index (χ2n) is 6.75. The largest absolute Gasteiger partial charge is 0.506 e. The molecule has 0 aliphatic heterocycles. The predicted octanol–water partition coefficient (Wildman–Crippen LogP) is 3.43. The third kappa shape index (κ3) is 5.76. The quantitative estimate of drug-likeness (QED) is 0.703. The summed E-state index contributed by atoms with van der Waals surface area (Å²) in [7, 11) is 0. The van der Waals surface area contributed by atoms with Gasteiger partial charge >= 0.3 is 0 Å². The molecule has 4 N–H and O–H groups in total. The number of anilines is 1. The first-order chi connectivity index (χ1) is 9.74. The molecule has 1 amide bonds. The number of phenols is 1. The molecule has 4 heteroatoms. The number of hydrogen-bond acceptors (Lipinski definition) is 3. The maximum absolute atomic E-state index is 12.1. The minimum Gasteiger partial charge on any atom is -0.506 e. The molecule has 1 aromatic rings. The lowest BCUT2D eigenvalue weighted by Gasteiger charge is -2.30. The number of carbonyl (C=O) groups is 1. The van der Waals surface area contributed by atoms with Crippen molar-refractivity contribution in [3.8, 4) is 5.75 Å². The van der Waals surface area contributed by atoms with Crippen LogP contribution in [0.5, 0.6) is 5.75 Å². The summed E-state index contributed by atoms with van der Waals surface area (Å²) in [5, 5.41) is 12.5. The van der Waals surface area contributed by atoms with Crippen LogP contribution in [0.15, 0.2) is 18.2 Å². The number of carbonyl (C=O) groups excluding carboxylic acids is 1. The Labute approximate surface area is 127 Å². The van der Waals surface area contributed by atoms with Gasteiger partial charge in [0.1, 0.15) is 5.75 Å². The zero-order chi connectivity index (χ0) is 16.0. The zero-order valence-electron chi connectivity index (χ0n) is 13.6. The van der Waals surface area contributed by atoms with E-state index in [-0.39, 0.29) is 17.1 Å². The highest BCUT2D eigenvalue weighted by molar-refractivity contribution is 5.92. The second kappa shape index (κ2) is 7.46. The third-order valence-electron chi connectivity index (χ3n) is 3.89. The lowest BCUT2D eigenvalue weighted by atomic mass is 9.76. The number of amides is 1. The summed E-state index contributed by atoms with van der Waals surface area (Å²) >= 11 is 0. The standard InChI is InChI=1S/C17H28N2O2/c1-12-5-7-15(20)14(11-12)19-16(21)8-6-13(9-10-18)17(2,3)4/h5,7,11,13,20H,6,8-10,18H2,1-4H3,(H,19,21). The number of hydrogen-bond donors (Lipinski definition) is 3. The highest BCUT2D eigenvalue weighted by atomic mass is 16.3. The van der Waals surface area contributed by atoms with Gasteiger partial charge in [0.25, 0.3) is 0 Å². The van der Waals surface area contributed by atoms with Gasteiger partial charge in [-0.3, -0.25) is 4.79 Å². The van der Waals surface area contributed by atoms with Crippen molar-refractivity contribution in [3.05, 3.63) is 23.8 Å². The predicted molar refractivity (Wildman–Crippen MR) is 87.3 cm³/mol. The van der Waals surface area contributed by atoms with Crippen molar-refractivity contribution in [2.75, 3.05) is 11.9 Å². The monoisotopic (exact) mass is 292 g/mol. The molecule has 0 fully saturated rings. The van der Waals surface area contributed by atoms with Gasteiger partial charge in [0.05, 0.1) is 5.69 Å². The van der Waals surface area contributed by atoms with Gasteiger partial charge in [-0.15, -0.1) is 0 Å². The fourth-order valence-electron chi connectivity index (χ4n) is 2.48. The average Bonchev–Trinajstić information content (AvgIpc) is 2.37. The van der Waals surface area contributed by atoms with Crippen molar-refractivity contribution in [1.82, 2.24) is 0 Å². The molecule has 1 rings (SSSR count). The molecule has 118 valence electrons. The fraction of sp³-hybridized carbons (Fsp3) is 0.588. The Balaban J connectivity index is 2.59. The van der Waals surface area contributed by atoms with Gasteiger partial charge in [-0.25, -0.2) is 0 Å².